The molecule has 0 bridgehead atoms. The Morgan fingerprint density at radius 3 is 2.30 bits per heavy atom. The number of aromatic nitrogens is 1. The molecule has 7 heteroatoms. The highest BCUT2D eigenvalue weighted by Crippen LogP contribution is 2.21. The van der Waals surface area contributed by atoms with Gasteiger partial charge < -0.3 is 15.4 Å². The number of nitrogens with one attached hydrogen (secondary N) is 2. The zero-order chi connectivity index (χ0) is 23.0. The van der Waals surface area contributed by atoms with Crippen LogP contribution in [-0.4, -0.2) is 28.9 Å². The lowest BCUT2D eigenvalue weighted by molar-refractivity contribution is 0.0860. The van der Waals surface area contributed by atoms with E-state index in [1.54, 1.807) is 5.38 Å². The molecule has 1 fully saturated rings. The largest absolute Gasteiger partial charge is 0.486 e. The van der Waals surface area contributed by atoms with Crippen LogP contribution in [0.2, 0.25) is 0 Å². The van der Waals surface area contributed by atoms with Crippen molar-refractivity contribution in [1.29, 1.82) is 0 Å². The zero-order valence-corrected chi connectivity index (χ0v) is 19.6. The molecule has 0 unspecified atom stereocenters. The molecule has 0 radical (unpaired) electrons. The second-order valence-corrected chi connectivity index (χ2v) is 9.17. The second kappa shape index (κ2) is 11.1. The fourth-order valence-corrected chi connectivity index (χ4v) is 4.69. The molecule has 33 heavy (non-hydrogen) atoms. The van der Waals surface area contributed by atoms with Crippen molar-refractivity contribution >= 4 is 23.2 Å². The summed E-state index contributed by atoms with van der Waals surface area (Å²) in [4.78, 5) is 30.0. The molecule has 6 nitrogen and oxygen atoms in total. The van der Waals surface area contributed by atoms with E-state index in [0.717, 1.165) is 42.9 Å². The molecule has 1 aliphatic carbocycles. The molecular weight excluding hydrogens is 434 g/mol. The van der Waals surface area contributed by atoms with E-state index >= 15 is 0 Å². The van der Waals surface area contributed by atoms with Gasteiger partial charge in [0.25, 0.3) is 11.8 Å². The molecule has 2 atom stereocenters. The summed E-state index contributed by atoms with van der Waals surface area (Å²) in [5.41, 5.74) is 2.23. The lowest BCUT2D eigenvalue weighted by atomic mass is 9.90. The van der Waals surface area contributed by atoms with Gasteiger partial charge in [0.05, 0.1) is 0 Å². The van der Waals surface area contributed by atoms with Gasteiger partial charge in [0.1, 0.15) is 23.1 Å². The lowest BCUT2D eigenvalue weighted by Gasteiger charge is -2.32. The number of aryl methyl sites for hydroxylation is 1. The van der Waals surface area contributed by atoms with Gasteiger partial charge in [0.15, 0.2) is 0 Å². The molecule has 0 aliphatic heterocycles. The molecule has 4 rings (SSSR count). The van der Waals surface area contributed by atoms with Crippen LogP contribution in [0.1, 0.15) is 64.0 Å². The molecule has 0 spiro atoms. The van der Waals surface area contributed by atoms with Gasteiger partial charge in [-0.25, -0.2) is 4.98 Å². The highest BCUT2D eigenvalue weighted by Gasteiger charge is 2.29. The molecule has 2 amide bonds. The number of amides is 2. The SMILES string of the molecule is CCc1ccc(C(=O)N[C@H]2CCCC[C@@H]2NC(=O)c2csc(COc3ccccc3)n2)cc1. The molecule has 3 aromatic rings. The molecule has 0 saturated heterocycles. The molecule has 2 N–H and O–H groups in total. The zero-order valence-electron chi connectivity index (χ0n) is 18.8. The number of benzene rings is 2. The fraction of sp³-hybridized carbons (Fsp3) is 0.346. The van der Waals surface area contributed by atoms with Crippen LogP contribution >= 0.6 is 11.3 Å². The van der Waals surface area contributed by atoms with Gasteiger partial charge in [0.2, 0.25) is 0 Å². The number of rotatable bonds is 8. The van der Waals surface area contributed by atoms with E-state index < -0.39 is 0 Å². The second-order valence-electron chi connectivity index (χ2n) is 8.22. The Kier molecular flexibility index (Phi) is 7.73. The van der Waals surface area contributed by atoms with E-state index in [2.05, 4.69) is 22.5 Å². The quantitative estimate of drug-likeness (QED) is 0.505. The first-order chi connectivity index (χ1) is 16.1. The number of carbonyl (C=O) groups is 2. The summed E-state index contributed by atoms with van der Waals surface area (Å²) in [5.74, 6) is 0.456. The van der Waals surface area contributed by atoms with E-state index in [4.69, 9.17) is 4.74 Å². The number of nitrogens with zero attached hydrogens (tertiary/aromatic N) is 1. The van der Waals surface area contributed by atoms with E-state index in [1.165, 1.54) is 16.9 Å². The predicted molar refractivity (Wildman–Crippen MR) is 130 cm³/mol. The normalized spacial score (nSPS) is 17.8. The van der Waals surface area contributed by atoms with Crippen molar-refractivity contribution in [2.45, 2.75) is 57.7 Å². The number of thiazole rings is 1. The monoisotopic (exact) mass is 463 g/mol. The van der Waals surface area contributed by atoms with Crippen molar-refractivity contribution in [1.82, 2.24) is 15.6 Å². The van der Waals surface area contributed by atoms with Crippen molar-refractivity contribution in [2.24, 2.45) is 0 Å². The molecule has 1 aliphatic rings. The van der Waals surface area contributed by atoms with Gasteiger partial charge >= 0.3 is 0 Å². The maximum Gasteiger partial charge on any atom is 0.271 e. The van der Waals surface area contributed by atoms with Gasteiger partial charge in [-0.05, 0) is 49.1 Å². The summed E-state index contributed by atoms with van der Waals surface area (Å²) in [5, 5.41) is 8.73. The highest BCUT2D eigenvalue weighted by atomic mass is 32.1. The summed E-state index contributed by atoms with van der Waals surface area (Å²) < 4.78 is 5.72. The third kappa shape index (κ3) is 6.20. The van der Waals surface area contributed by atoms with Gasteiger partial charge in [0, 0.05) is 23.0 Å². The Balaban J connectivity index is 1.34. The van der Waals surface area contributed by atoms with E-state index in [0.29, 0.717) is 17.9 Å². The first-order valence-corrected chi connectivity index (χ1v) is 12.3. The number of carbonyl (C=O) groups excluding carboxylic acids is 2. The summed E-state index contributed by atoms with van der Waals surface area (Å²) in [7, 11) is 0. The van der Waals surface area contributed by atoms with Crippen LogP contribution in [0.5, 0.6) is 5.75 Å². The standard InChI is InChI=1S/C26H29N3O3S/c1-2-18-12-14-19(15-13-18)25(30)28-21-10-6-7-11-22(21)29-26(31)23-17-33-24(27-23)16-32-20-8-4-3-5-9-20/h3-5,8-9,12-15,17,21-22H,2,6-7,10-11,16H2,1H3,(H,28,30)(H,29,31)/t21-,22-/m0/s1. The number of hydrogen-bond acceptors (Lipinski definition) is 5. The van der Waals surface area contributed by atoms with E-state index in [1.807, 2.05) is 54.6 Å². The van der Waals surface area contributed by atoms with Crippen molar-refractivity contribution in [3.63, 3.8) is 0 Å². The summed E-state index contributed by atoms with van der Waals surface area (Å²) >= 11 is 1.40. The molecule has 1 saturated carbocycles. The van der Waals surface area contributed by atoms with E-state index in [-0.39, 0.29) is 23.9 Å². The predicted octanol–water partition coefficient (Wildman–Crippen LogP) is 4.76. The minimum absolute atomic E-state index is 0.0967. The summed E-state index contributed by atoms with van der Waals surface area (Å²) in [6, 6.07) is 17.0. The number of hydrogen-bond donors (Lipinski definition) is 2. The van der Waals surface area contributed by atoms with Gasteiger partial charge in [-0.2, -0.15) is 0 Å². The number of ether oxygens (including phenoxy) is 1. The molecular formula is C26H29N3O3S. The van der Waals surface area contributed by atoms with Crippen molar-refractivity contribution in [2.75, 3.05) is 0 Å². The Morgan fingerprint density at radius 2 is 1.64 bits per heavy atom. The topological polar surface area (TPSA) is 80.3 Å². The molecule has 2 aromatic carbocycles. The minimum Gasteiger partial charge on any atom is -0.486 e. The van der Waals surface area contributed by atoms with Gasteiger partial charge in [-0.1, -0.05) is 50.1 Å². The van der Waals surface area contributed by atoms with Crippen LogP contribution < -0.4 is 15.4 Å². The minimum atomic E-state index is -0.212. The van der Waals surface area contributed by atoms with Crippen LogP contribution in [0.25, 0.3) is 0 Å². The van der Waals surface area contributed by atoms with E-state index in [9.17, 15) is 9.59 Å². The van der Waals surface area contributed by atoms with Crippen molar-refractivity contribution in [3.8, 4) is 5.75 Å². The summed E-state index contributed by atoms with van der Waals surface area (Å²) in [6.07, 6.45) is 4.67. The molecule has 1 aromatic heterocycles. The van der Waals surface area contributed by atoms with Crippen LogP contribution in [0.15, 0.2) is 60.0 Å². The maximum absolute atomic E-state index is 12.9. The first-order valence-electron chi connectivity index (χ1n) is 11.5. The molecule has 172 valence electrons. The van der Waals surface area contributed by atoms with Crippen molar-refractivity contribution < 1.29 is 14.3 Å². The third-order valence-corrected chi connectivity index (χ3v) is 6.74. The van der Waals surface area contributed by atoms with Crippen LogP contribution in [-0.2, 0) is 13.0 Å². The Labute approximate surface area is 198 Å². The Hall–Kier alpha value is -3.19. The van der Waals surface area contributed by atoms with Crippen LogP contribution in [0, 0.1) is 0 Å². The smallest absolute Gasteiger partial charge is 0.271 e. The Morgan fingerprint density at radius 1 is 0.970 bits per heavy atom. The van der Waals surface area contributed by atoms with Crippen LogP contribution in [0.4, 0.5) is 0 Å². The number of para-hydroxylation sites is 1. The fourth-order valence-electron chi connectivity index (χ4n) is 4.01. The first kappa shape index (κ1) is 23.0. The average molecular weight is 464 g/mol. The molecule has 1 heterocycles. The maximum atomic E-state index is 12.9. The summed E-state index contributed by atoms with van der Waals surface area (Å²) in [6.45, 7) is 2.41. The van der Waals surface area contributed by atoms with Crippen LogP contribution in [0.3, 0.4) is 0 Å². The third-order valence-electron chi connectivity index (χ3n) is 5.91. The Bertz CT molecular complexity index is 1070. The lowest BCUT2D eigenvalue weighted by Crippen LogP contribution is -2.53. The average Bonchev–Trinajstić information content (AvgIpc) is 3.34. The van der Waals surface area contributed by atoms with Gasteiger partial charge in [-0.15, -0.1) is 11.3 Å². The van der Waals surface area contributed by atoms with Gasteiger partial charge in [-0.3, -0.25) is 9.59 Å². The van der Waals surface area contributed by atoms with Crippen molar-refractivity contribution in [3.05, 3.63) is 81.8 Å². The highest BCUT2D eigenvalue weighted by molar-refractivity contribution is 7.09.